The molecular formula is C30H34N6O4. The minimum atomic E-state index is -0.535. The first-order valence-corrected chi connectivity index (χ1v) is 13.5. The monoisotopic (exact) mass is 542 g/mol. The Labute approximate surface area is 233 Å². The van der Waals surface area contributed by atoms with Crippen molar-refractivity contribution in [1.82, 2.24) is 24.9 Å². The van der Waals surface area contributed by atoms with Crippen molar-refractivity contribution in [3.05, 3.63) is 71.7 Å². The van der Waals surface area contributed by atoms with Crippen LogP contribution in [0.15, 0.2) is 59.1 Å². The fraction of sp³-hybridized carbons (Fsp3) is 0.367. The van der Waals surface area contributed by atoms with Crippen molar-refractivity contribution >= 4 is 28.6 Å². The normalized spacial score (nSPS) is 14.9. The Balaban J connectivity index is 1.30. The number of anilines is 1. The second-order valence-corrected chi connectivity index (χ2v) is 10.3. The minimum absolute atomic E-state index is 0.00622. The van der Waals surface area contributed by atoms with E-state index in [1.165, 1.54) is 7.11 Å². The molecule has 0 spiro atoms. The van der Waals surface area contributed by atoms with Crippen LogP contribution < -0.4 is 5.32 Å². The molecule has 1 amide bonds. The van der Waals surface area contributed by atoms with Crippen molar-refractivity contribution in [3.8, 4) is 11.3 Å². The number of amides is 1. The van der Waals surface area contributed by atoms with Gasteiger partial charge in [0.05, 0.1) is 19.2 Å². The first-order chi connectivity index (χ1) is 19.4. The zero-order valence-corrected chi connectivity index (χ0v) is 23.3. The second-order valence-electron chi connectivity index (χ2n) is 10.3. The number of carbonyl (C=O) groups is 2. The van der Waals surface area contributed by atoms with E-state index in [9.17, 15) is 9.59 Å². The van der Waals surface area contributed by atoms with Gasteiger partial charge in [-0.15, -0.1) is 0 Å². The Morgan fingerprint density at radius 3 is 2.40 bits per heavy atom. The van der Waals surface area contributed by atoms with Crippen LogP contribution in [0.2, 0.25) is 0 Å². The van der Waals surface area contributed by atoms with Gasteiger partial charge in [0, 0.05) is 37.1 Å². The Morgan fingerprint density at radius 2 is 1.70 bits per heavy atom. The van der Waals surface area contributed by atoms with Crippen molar-refractivity contribution in [2.45, 2.75) is 33.4 Å². The predicted octanol–water partition coefficient (Wildman–Crippen LogP) is 4.16. The Hall–Kier alpha value is -4.31. The van der Waals surface area contributed by atoms with Gasteiger partial charge >= 0.3 is 5.97 Å². The van der Waals surface area contributed by atoms with Gasteiger partial charge in [-0.05, 0) is 25.0 Å². The number of hydrogen-bond acceptors (Lipinski definition) is 9. The van der Waals surface area contributed by atoms with Crippen molar-refractivity contribution in [2.24, 2.45) is 5.92 Å². The summed E-state index contributed by atoms with van der Waals surface area (Å²) in [6.45, 7) is 8.69. The second kappa shape index (κ2) is 11.8. The van der Waals surface area contributed by atoms with Gasteiger partial charge in [-0.2, -0.15) is 0 Å². The van der Waals surface area contributed by atoms with Gasteiger partial charge in [0.1, 0.15) is 34.7 Å². The summed E-state index contributed by atoms with van der Waals surface area (Å²) in [5.74, 6) is 1.37. The molecule has 1 aliphatic heterocycles. The van der Waals surface area contributed by atoms with E-state index in [-0.39, 0.29) is 17.8 Å². The number of methoxy groups -OCH3 is 1. The zero-order valence-electron chi connectivity index (χ0n) is 23.3. The van der Waals surface area contributed by atoms with Crippen LogP contribution in [-0.4, -0.2) is 76.1 Å². The summed E-state index contributed by atoms with van der Waals surface area (Å²) in [6.07, 6.45) is 0. The lowest BCUT2D eigenvalue weighted by Gasteiger charge is -2.34. The van der Waals surface area contributed by atoms with E-state index in [0.29, 0.717) is 61.4 Å². The molecule has 0 saturated carbocycles. The summed E-state index contributed by atoms with van der Waals surface area (Å²) in [7, 11) is 1.39. The SMILES string of the molecule is COC(=O)[C@@H](Nc1nc(CN2CCN(C(=O)c3c(-c4ccccc4)noc3C)CC2)nc2ccccc12)C(C)C. The molecule has 1 atom stereocenters. The van der Waals surface area contributed by atoms with Gasteiger partial charge in [0.2, 0.25) is 0 Å². The summed E-state index contributed by atoms with van der Waals surface area (Å²) in [4.78, 5) is 39.6. The molecule has 208 valence electrons. The molecule has 0 aliphatic carbocycles. The van der Waals surface area contributed by atoms with Gasteiger partial charge in [0.25, 0.3) is 5.91 Å². The number of aromatic nitrogens is 3. The molecule has 2 aromatic carbocycles. The third kappa shape index (κ3) is 5.67. The number of para-hydroxylation sites is 1. The standard InChI is InChI=1S/C30H34N6O4/c1-19(2)26(30(38)39-4)33-28-22-12-8-9-13-23(22)31-24(32-28)18-35-14-16-36(17-15-35)29(37)25-20(3)40-34-27(25)21-10-6-5-7-11-21/h5-13,19,26H,14-18H2,1-4H3,(H,31,32,33)/t26-/m0/s1. The largest absolute Gasteiger partial charge is 0.467 e. The van der Waals surface area contributed by atoms with E-state index in [4.69, 9.17) is 19.2 Å². The van der Waals surface area contributed by atoms with Crippen LogP contribution in [0.4, 0.5) is 5.82 Å². The van der Waals surface area contributed by atoms with Crippen LogP contribution >= 0.6 is 0 Å². The first kappa shape index (κ1) is 27.3. The molecule has 1 aliphatic rings. The average Bonchev–Trinajstić information content (AvgIpc) is 3.36. The summed E-state index contributed by atoms with van der Waals surface area (Å²) in [5.41, 5.74) is 2.74. The van der Waals surface area contributed by atoms with Gasteiger partial charge in [0.15, 0.2) is 0 Å². The summed E-state index contributed by atoms with van der Waals surface area (Å²) in [5, 5.41) is 8.31. The maximum absolute atomic E-state index is 13.5. The molecule has 0 unspecified atom stereocenters. The molecule has 0 bridgehead atoms. The number of benzene rings is 2. The summed E-state index contributed by atoms with van der Waals surface area (Å²) >= 11 is 0. The fourth-order valence-corrected chi connectivity index (χ4v) is 4.96. The molecule has 5 rings (SSSR count). The quantitative estimate of drug-likeness (QED) is 0.328. The molecule has 10 nitrogen and oxygen atoms in total. The summed E-state index contributed by atoms with van der Waals surface area (Å²) in [6, 6.07) is 16.8. The molecule has 1 N–H and O–H groups in total. The minimum Gasteiger partial charge on any atom is -0.467 e. The number of ether oxygens (including phenoxy) is 1. The van der Waals surface area contributed by atoms with E-state index in [1.54, 1.807) is 6.92 Å². The lowest BCUT2D eigenvalue weighted by Crippen LogP contribution is -2.48. The molecule has 1 fully saturated rings. The van der Waals surface area contributed by atoms with Gasteiger partial charge in [-0.25, -0.2) is 14.8 Å². The highest BCUT2D eigenvalue weighted by Crippen LogP contribution is 2.27. The topological polar surface area (TPSA) is 114 Å². The lowest BCUT2D eigenvalue weighted by atomic mass is 10.0. The third-order valence-electron chi connectivity index (χ3n) is 7.21. The van der Waals surface area contributed by atoms with Crippen molar-refractivity contribution < 1.29 is 18.8 Å². The first-order valence-electron chi connectivity index (χ1n) is 13.5. The number of carbonyl (C=O) groups excluding carboxylic acids is 2. The Morgan fingerprint density at radius 1 is 1.00 bits per heavy atom. The van der Waals surface area contributed by atoms with Gasteiger partial charge in [-0.1, -0.05) is 61.5 Å². The van der Waals surface area contributed by atoms with Crippen molar-refractivity contribution in [1.29, 1.82) is 0 Å². The number of rotatable bonds is 8. The Bertz CT molecular complexity index is 1490. The highest BCUT2D eigenvalue weighted by molar-refractivity contribution is 6.00. The van der Waals surface area contributed by atoms with Crippen LogP contribution in [0, 0.1) is 12.8 Å². The maximum atomic E-state index is 13.5. The number of hydrogen-bond donors (Lipinski definition) is 1. The van der Waals surface area contributed by atoms with Gasteiger partial charge in [-0.3, -0.25) is 9.69 Å². The smallest absolute Gasteiger partial charge is 0.328 e. The number of esters is 1. The number of fused-ring (bicyclic) bond motifs is 1. The molecule has 10 heteroatoms. The zero-order chi connectivity index (χ0) is 28.2. The molecular weight excluding hydrogens is 508 g/mol. The van der Waals surface area contributed by atoms with Crippen LogP contribution in [0.1, 0.15) is 35.8 Å². The van der Waals surface area contributed by atoms with E-state index < -0.39 is 6.04 Å². The third-order valence-corrected chi connectivity index (χ3v) is 7.21. The number of nitrogens with zero attached hydrogens (tertiary/aromatic N) is 5. The van der Waals surface area contributed by atoms with Crippen molar-refractivity contribution in [3.63, 3.8) is 0 Å². The Kier molecular flexibility index (Phi) is 8.06. The van der Waals surface area contributed by atoms with Crippen LogP contribution in [-0.2, 0) is 16.1 Å². The van der Waals surface area contributed by atoms with Crippen LogP contribution in [0.3, 0.4) is 0 Å². The molecule has 4 aromatic rings. The molecule has 2 aromatic heterocycles. The highest BCUT2D eigenvalue weighted by atomic mass is 16.5. The number of aryl methyl sites for hydroxylation is 1. The van der Waals surface area contributed by atoms with E-state index in [2.05, 4.69) is 15.4 Å². The van der Waals surface area contributed by atoms with Gasteiger partial charge < -0.3 is 19.5 Å². The lowest BCUT2D eigenvalue weighted by molar-refractivity contribution is -0.142. The highest BCUT2D eigenvalue weighted by Gasteiger charge is 2.29. The fourth-order valence-electron chi connectivity index (χ4n) is 4.96. The average molecular weight is 543 g/mol. The van der Waals surface area contributed by atoms with Crippen LogP contribution in [0.25, 0.3) is 22.2 Å². The molecule has 0 radical (unpaired) electrons. The van der Waals surface area contributed by atoms with E-state index in [1.807, 2.05) is 73.3 Å². The van der Waals surface area contributed by atoms with Crippen molar-refractivity contribution in [2.75, 3.05) is 38.6 Å². The molecule has 40 heavy (non-hydrogen) atoms. The maximum Gasteiger partial charge on any atom is 0.328 e. The summed E-state index contributed by atoms with van der Waals surface area (Å²) < 4.78 is 10.4. The number of piperazine rings is 1. The van der Waals surface area contributed by atoms with E-state index >= 15 is 0 Å². The molecule has 3 heterocycles. The van der Waals surface area contributed by atoms with E-state index in [0.717, 1.165) is 16.5 Å². The molecule has 1 saturated heterocycles. The van der Waals surface area contributed by atoms with Crippen LogP contribution in [0.5, 0.6) is 0 Å². The predicted molar refractivity (Wildman–Crippen MR) is 152 cm³/mol. The number of nitrogens with one attached hydrogen (secondary N) is 1.